The topological polar surface area (TPSA) is 57.7 Å². The molecule has 1 aliphatic heterocycles. The predicted molar refractivity (Wildman–Crippen MR) is 147 cm³/mol. The second kappa shape index (κ2) is 10.1. The molecule has 4 rings (SSSR count). The van der Waals surface area contributed by atoms with Gasteiger partial charge in [0.15, 0.2) is 5.78 Å². The summed E-state index contributed by atoms with van der Waals surface area (Å²) in [6.45, 7) is 9.79. The Balaban J connectivity index is 1.72. The van der Waals surface area contributed by atoms with Crippen molar-refractivity contribution in [1.82, 2.24) is 4.31 Å². The number of rotatable bonds is 6. The third-order valence-corrected chi connectivity index (χ3v) is 10.2. The third-order valence-electron chi connectivity index (χ3n) is 7.95. The van der Waals surface area contributed by atoms with E-state index in [4.69, 9.17) is 0 Å². The van der Waals surface area contributed by atoms with E-state index in [-0.39, 0.29) is 23.8 Å². The van der Waals surface area contributed by atoms with Gasteiger partial charge in [0.25, 0.3) is 0 Å². The summed E-state index contributed by atoms with van der Waals surface area (Å²) in [5.74, 6) is -0.173. The molecule has 0 atom stereocenters. The minimum absolute atomic E-state index is 0.135. The SMILES string of the molecule is Cc1cc(C)c(S(=O)(=O)N(CC(=O)/C=C2/N(C)c3ccccc3C2(C)C)C2CCCCCC2)c(C)c1. The number of likely N-dealkylation sites (N-methyl/N-ethyl adjacent to an activating group) is 1. The summed E-state index contributed by atoms with van der Waals surface area (Å²) in [6.07, 6.45) is 7.47. The maximum absolute atomic E-state index is 14.2. The van der Waals surface area contributed by atoms with Gasteiger partial charge in [-0.15, -0.1) is 0 Å². The van der Waals surface area contributed by atoms with Gasteiger partial charge in [0, 0.05) is 36.0 Å². The van der Waals surface area contributed by atoms with Crippen LogP contribution in [0, 0.1) is 20.8 Å². The van der Waals surface area contributed by atoms with Crippen molar-refractivity contribution < 1.29 is 13.2 Å². The molecule has 194 valence electrons. The second-order valence-corrected chi connectivity index (χ2v) is 12.9. The van der Waals surface area contributed by atoms with Gasteiger partial charge in [-0.2, -0.15) is 4.31 Å². The predicted octanol–water partition coefficient (Wildman–Crippen LogP) is 6.21. The lowest BCUT2D eigenvalue weighted by atomic mass is 9.83. The lowest BCUT2D eigenvalue weighted by molar-refractivity contribution is -0.115. The molecule has 0 amide bonds. The number of ketones is 1. The molecule has 6 heteroatoms. The van der Waals surface area contributed by atoms with Crippen LogP contribution in [0.2, 0.25) is 0 Å². The number of carbonyl (C=O) groups excluding carboxylic acids is 1. The van der Waals surface area contributed by atoms with Crippen LogP contribution in [0.5, 0.6) is 0 Å². The monoisotopic (exact) mass is 508 g/mol. The largest absolute Gasteiger partial charge is 0.347 e. The Hall–Kier alpha value is -2.44. The Kier molecular flexibility index (Phi) is 7.50. The first-order chi connectivity index (χ1) is 16.9. The molecule has 2 aromatic carbocycles. The van der Waals surface area contributed by atoms with E-state index in [0.717, 1.165) is 66.6 Å². The molecule has 1 saturated carbocycles. The van der Waals surface area contributed by atoms with Crippen molar-refractivity contribution in [3.05, 3.63) is 70.4 Å². The molecule has 1 aliphatic carbocycles. The van der Waals surface area contributed by atoms with Crippen molar-refractivity contribution >= 4 is 21.5 Å². The van der Waals surface area contributed by atoms with E-state index in [9.17, 15) is 13.2 Å². The Morgan fingerprint density at radius 1 is 1.03 bits per heavy atom. The molecule has 5 nitrogen and oxygen atoms in total. The van der Waals surface area contributed by atoms with Gasteiger partial charge in [-0.1, -0.05) is 75.4 Å². The fraction of sp³-hybridized carbons (Fsp3) is 0.500. The maximum Gasteiger partial charge on any atom is 0.244 e. The molecule has 0 radical (unpaired) electrons. The van der Waals surface area contributed by atoms with Crippen molar-refractivity contribution in [1.29, 1.82) is 0 Å². The van der Waals surface area contributed by atoms with Gasteiger partial charge in [0.2, 0.25) is 10.0 Å². The number of hydrogen-bond acceptors (Lipinski definition) is 4. The summed E-state index contributed by atoms with van der Waals surface area (Å²) in [5.41, 5.74) is 5.34. The van der Waals surface area contributed by atoms with Crippen LogP contribution in [-0.2, 0) is 20.2 Å². The van der Waals surface area contributed by atoms with E-state index in [2.05, 4.69) is 30.9 Å². The molecule has 2 aromatic rings. The van der Waals surface area contributed by atoms with E-state index in [1.165, 1.54) is 9.87 Å². The molecule has 0 unspecified atom stereocenters. The molecule has 0 aromatic heterocycles. The summed E-state index contributed by atoms with van der Waals surface area (Å²) in [7, 11) is -1.87. The summed E-state index contributed by atoms with van der Waals surface area (Å²) in [6, 6.07) is 11.9. The average molecular weight is 509 g/mol. The first-order valence-corrected chi connectivity index (χ1v) is 14.6. The van der Waals surface area contributed by atoms with Crippen LogP contribution in [0.25, 0.3) is 0 Å². The zero-order valence-corrected chi connectivity index (χ0v) is 23.4. The minimum atomic E-state index is -3.85. The molecular formula is C30H40N2O3S. The lowest BCUT2D eigenvalue weighted by Crippen LogP contribution is -2.43. The van der Waals surface area contributed by atoms with Gasteiger partial charge in [-0.25, -0.2) is 8.42 Å². The summed E-state index contributed by atoms with van der Waals surface area (Å²) < 4.78 is 29.9. The first-order valence-electron chi connectivity index (χ1n) is 13.1. The van der Waals surface area contributed by atoms with Crippen molar-refractivity contribution in [3.63, 3.8) is 0 Å². The zero-order valence-electron chi connectivity index (χ0n) is 22.6. The van der Waals surface area contributed by atoms with Crippen molar-refractivity contribution in [3.8, 4) is 0 Å². The van der Waals surface area contributed by atoms with Crippen molar-refractivity contribution in [2.24, 2.45) is 0 Å². The van der Waals surface area contributed by atoms with Crippen molar-refractivity contribution in [2.75, 3.05) is 18.5 Å². The van der Waals surface area contributed by atoms with Gasteiger partial charge in [0.05, 0.1) is 11.4 Å². The highest BCUT2D eigenvalue weighted by Gasteiger charge is 2.40. The number of allylic oxidation sites excluding steroid dienone is 1. The average Bonchev–Trinajstić information content (AvgIpc) is 2.99. The highest BCUT2D eigenvalue weighted by Crippen LogP contribution is 2.46. The first kappa shape index (κ1) is 26.6. The number of fused-ring (bicyclic) bond motifs is 1. The van der Waals surface area contributed by atoms with Crippen LogP contribution < -0.4 is 4.90 Å². The summed E-state index contributed by atoms with van der Waals surface area (Å²) in [5, 5.41) is 0. The highest BCUT2D eigenvalue weighted by atomic mass is 32.2. The van der Waals surface area contributed by atoms with E-state index in [1.807, 2.05) is 52.1 Å². The Labute approximate surface area is 217 Å². The third kappa shape index (κ3) is 4.90. The Morgan fingerprint density at radius 2 is 1.61 bits per heavy atom. The number of carbonyl (C=O) groups is 1. The standard InChI is InChI=1S/C30H40N2O3S/c1-21-17-22(2)29(23(3)18-21)36(34,35)32(24-13-9-7-8-10-14-24)20-25(33)19-28-30(4,5)26-15-11-12-16-27(26)31(28)6/h11-12,15-19,24H,7-10,13-14,20H2,1-6H3/b28-19+. The van der Waals surface area contributed by atoms with Crippen LogP contribution in [-0.4, -0.2) is 38.1 Å². The lowest BCUT2D eigenvalue weighted by Gasteiger charge is -2.31. The molecule has 1 fully saturated rings. The van der Waals surface area contributed by atoms with Crippen molar-refractivity contribution in [2.45, 2.75) is 89.5 Å². The molecule has 0 N–H and O–H groups in total. The number of sulfonamides is 1. The van der Waals surface area contributed by atoms with E-state index in [0.29, 0.717) is 4.90 Å². The fourth-order valence-electron chi connectivity index (χ4n) is 6.26. The molecule has 0 bridgehead atoms. The molecule has 0 saturated heterocycles. The van der Waals surface area contributed by atoms with Crippen LogP contribution in [0.1, 0.15) is 74.6 Å². The number of benzene rings is 2. The van der Waals surface area contributed by atoms with E-state index in [1.54, 1.807) is 6.08 Å². The maximum atomic E-state index is 14.2. The number of nitrogens with zero attached hydrogens (tertiary/aromatic N) is 2. The van der Waals surface area contributed by atoms with Gasteiger partial charge in [0.1, 0.15) is 0 Å². The van der Waals surface area contributed by atoms with Crippen LogP contribution in [0.3, 0.4) is 0 Å². The molecule has 0 spiro atoms. The van der Waals surface area contributed by atoms with Gasteiger partial charge in [-0.05, 0) is 56.4 Å². The van der Waals surface area contributed by atoms with Gasteiger partial charge >= 0.3 is 0 Å². The molecule has 36 heavy (non-hydrogen) atoms. The van der Waals surface area contributed by atoms with Crippen LogP contribution >= 0.6 is 0 Å². The number of aryl methyl sites for hydroxylation is 3. The normalized spacial score (nSPS) is 19.5. The second-order valence-electron chi connectivity index (χ2n) is 11.1. The summed E-state index contributed by atoms with van der Waals surface area (Å²) in [4.78, 5) is 16.0. The van der Waals surface area contributed by atoms with E-state index < -0.39 is 10.0 Å². The van der Waals surface area contributed by atoms with Gasteiger partial charge in [-0.3, -0.25) is 4.79 Å². The van der Waals surface area contributed by atoms with Gasteiger partial charge < -0.3 is 4.90 Å². The minimum Gasteiger partial charge on any atom is -0.347 e. The number of hydrogen-bond donors (Lipinski definition) is 0. The fourth-order valence-corrected chi connectivity index (χ4v) is 8.32. The smallest absolute Gasteiger partial charge is 0.244 e. The van der Waals surface area contributed by atoms with E-state index >= 15 is 0 Å². The molecule has 1 heterocycles. The number of anilines is 1. The highest BCUT2D eigenvalue weighted by molar-refractivity contribution is 7.89. The van der Waals surface area contributed by atoms with Crippen LogP contribution in [0.15, 0.2) is 53.1 Å². The Bertz CT molecular complexity index is 1260. The molecular weight excluding hydrogens is 468 g/mol. The molecule has 2 aliphatic rings. The zero-order chi connectivity index (χ0) is 26.3. The quantitative estimate of drug-likeness (QED) is 0.344. The Morgan fingerprint density at radius 3 is 2.19 bits per heavy atom. The summed E-state index contributed by atoms with van der Waals surface area (Å²) >= 11 is 0. The number of para-hydroxylation sites is 1. The van der Waals surface area contributed by atoms with Crippen LogP contribution in [0.4, 0.5) is 5.69 Å².